The summed E-state index contributed by atoms with van der Waals surface area (Å²) in [6.45, 7) is 1.45. The number of carbonyl (C=O) groups excluding carboxylic acids is 1. The summed E-state index contributed by atoms with van der Waals surface area (Å²) in [6.07, 6.45) is 6.72. The topological polar surface area (TPSA) is 85.8 Å². The number of hydrogen-bond donors (Lipinski definition) is 1. The molecule has 0 saturated carbocycles. The third-order valence-electron chi connectivity index (χ3n) is 4.84. The van der Waals surface area contributed by atoms with Gasteiger partial charge in [0.15, 0.2) is 5.16 Å². The molecule has 152 valence electrons. The lowest BCUT2D eigenvalue weighted by Crippen LogP contribution is -2.23. The van der Waals surface area contributed by atoms with E-state index >= 15 is 0 Å². The molecular weight excluding hydrogens is 386 g/mol. The van der Waals surface area contributed by atoms with Crippen LogP contribution in [0, 0.1) is 0 Å². The summed E-state index contributed by atoms with van der Waals surface area (Å²) in [5, 5.41) is 12.1. The number of hydrogen-bond acceptors (Lipinski definition) is 6. The van der Waals surface area contributed by atoms with E-state index in [0.29, 0.717) is 31.2 Å². The van der Waals surface area contributed by atoms with Crippen LogP contribution in [0.2, 0.25) is 0 Å². The summed E-state index contributed by atoms with van der Waals surface area (Å²) < 4.78 is 7.80. The first-order valence-electron chi connectivity index (χ1n) is 10.1. The Bertz CT molecular complexity index is 916. The monoisotopic (exact) mass is 411 g/mol. The Morgan fingerprint density at radius 2 is 1.90 bits per heavy atom. The Labute approximate surface area is 174 Å². The zero-order valence-corrected chi connectivity index (χ0v) is 17.2. The molecule has 2 aromatic heterocycles. The normalized spacial score (nSPS) is 12.8. The zero-order valence-electron chi connectivity index (χ0n) is 16.3. The lowest BCUT2D eigenvalue weighted by Gasteiger charge is -2.02. The molecule has 3 heterocycles. The van der Waals surface area contributed by atoms with Crippen molar-refractivity contribution in [1.82, 2.24) is 25.1 Å². The van der Waals surface area contributed by atoms with Gasteiger partial charge in [-0.2, -0.15) is 0 Å². The molecule has 0 unspecified atom stereocenters. The quantitative estimate of drug-likeness (QED) is 0.516. The lowest BCUT2D eigenvalue weighted by molar-refractivity contribution is -0.121. The maximum atomic E-state index is 12.1. The van der Waals surface area contributed by atoms with Gasteiger partial charge in [-0.3, -0.25) is 4.79 Å². The number of aryl methyl sites for hydroxylation is 4. The van der Waals surface area contributed by atoms with Crippen LogP contribution in [-0.4, -0.2) is 31.4 Å². The van der Waals surface area contributed by atoms with Gasteiger partial charge in [0.05, 0.1) is 12.2 Å². The van der Waals surface area contributed by atoms with Gasteiger partial charge in [-0.15, -0.1) is 10.2 Å². The van der Waals surface area contributed by atoms with Crippen LogP contribution in [0.3, 0.4) is 0 Å². The van der Waals surface area contributed by atoms with Gasteiger partial charge in [0, 0.05) is 37.8 Å². The van der Waals surface area contributed by atoms with E-state index in [1.54, 1.807) is 11.8 Å². The molecule has 1 aromatic carbocycles. The van der Waals surface area contributed by atoms with Crippen molar-refractivity contribution in [2.45, 2.75) is 56.8 Å². The van der Waals surface area contributed by atoms with Crippen LogP contribution in [0.4, 0.5) is 0 Å². The van der Waals surface area contributed by atoms with Crippen LogP contribution in [0.1, 0.15) is 42.3 Å². The van der Waals surface area contributed by atoms with Crippen molar-refractivity contribution < 1.29 is 9.21 Å². The van der Waals surface area contributed by atoms with Crippen molar-refractivity contribution in [2.24, 2.45) is 0 Å². The highest BCUT2D eigenvalue weighted by molar-refractivity contribution is 7.99. The summed E-state index contributed by atoms with van der Waals surface area (Å²) in [5.74, 6) is 2.22. The fraction of sp³-hybridized carbons (Fsp3) is 0.429. The molecule has 0 bridgehead atoms. The second-order valence-corrected chi connectivity index (χ2v) is 8.18. The molecule has 4 rings (SSSR count). The van der Waals surface area contributed by atoms with Gasteiger partial charge in [-0.05, 0) is 24.8 Å². The van der Waals surface area contributed by atoms with Crippen LogP contribution in [-0.2, 0) is 37.1 Å². The van der Waals surface area contributed by atoms with Gasteiger partial charge in [-0.25, -0.2) is 4.98 Å². The van der Waals surface area contributed by atoms with Crippen molar-refractivity contribution >= 4 is 17.7 Å². The van der Waals surface area contributed by atoms with Crippen molar-refractivity contribution in [3.05, 3.63) is 59.6 Å². The van der Waals surface area contributed by atoms with Crippen molar-refractivity contribution in [1.29, 1.82) is 0 Å². The fourth-order valence-corrected chi connectivity index (χ4v) is 4.25. The summed E-state index contributed by atoms with van der Waals surface area (Å²) >= 11 is 1.75. The number of amides is 1. The highest BCUT2D eigenvalue weighted by atomic mass is 32.2. The van der Waals surface area contributed by atoms with Gasteiger partial charge >= 0.3 is 0 Å². The predicted molar refractivity (Wildman–Crippen MR) is 111 cm³/mol. The summed E-state index contributed by atoms with van der Waals surface area (Å²) in [7, 11) is 0. The summed E-state index contributed by atoms with van der Waals surface area (Å²) in [5.41, 5.74) is 2.25. The molecule has 0 fully saturated rings. The van der Waals surface area contributed by atoms with Gasteiger partial charge in [0.1, 0.15) is 0 Å². The number of rotatable bonds is 10. The molecule has 1 aliphatic heterocycles. The van der Waals surface area contributed by atoms with Gasteiger partial charge < -0.3 is 14.3 Å². The first-order valence-corrected chi connectivity index (χ1v) is 11.1. The zero-order chi connectivity index (χ0) is 19.9. The van der Waals surface area contributed by atoms with Gasteiger partial charge in [0.25, 0.3) is 0 Å². The smallest absolute Gasteiger partial charge is 0.220 e. The highest BCUT2D eigenvalue weighted by Gasteiger charge is 2.15. The molecule has 7 nitrogen and oxygen atoms in total. The number of nitrogens with one attached hydrogen (secondary N) is 1. The molecule has 3 aromatic rings. The Morgan fingerprint density at radius 1 is 1.10 bits per heavy atom. The summed E-state index contributed by atoms with van der Waals surface area (Å²) in [4.78, 5) is 16.6. The number of benzene rings is 1. The van der Waals surface area contributed by atoms with E-state index in [4.69, 9.17) is 4.42 Å². The van der Waals surface area contributed by atoms with E-state index in [9.17, 15) is 4.79 Å². The van der Waals surface area contributed by atoms with E-state index in [-0.39, 0.29) is 5.91 Å². The maximum absolute atomic E-state index is 12.1. The second-order valence-electron chi connectivity index (χ2n) is 7.12. The minimum atomic E-state index is -0.0339. The highest BCUT2D eigenvalue weighted by Crippen LogP contribution is 2.24. The third-order valence-corrected chi connectivity index (χ3v) is 5.81. The van der Waals surface area contributed by atoms with Crippen LogP contribution in [0.25, 0.3) is 0 Å². The van der Waals surface area contributed by atoms with E-state index in [2.05, 4.69) is 49.3 Å². The minimum absolute atomic E-state index is 0.0339. The van der Waals surface area contributed by atoms with E-state index < -0.39 is 0 Å². The molecule has 8 heteroatoms. The molecular formula is C21H25N5O2S. The largest absolute Gasteiger partial charge is 0.425 e. The standard InChI is InChI=1S/C21H25N5O2S/c27-18(22-14-17-15-26-12-13-29-21(26)23-17)10-11-20-25-24-19(28-20)9-5-4-8-16-6-2-1-3-7-16/h1-3,6-7,15H,4-5,8-14H2,(H,22,27). The molecule has 0 spiro atoms. The number of carbonyl (C=O) groups is 1. The number of aromatic nitrogens is 4. The first-order chi connectivity index (χ1) is 14.3. The number of unbranched alkanes of at least 4 members (excludes halogenated alkanes) is 1. The molecule has 0 saturated heterocycles. The second kappa shape index (κ2) is 9.73. The van der Waals surface area contributed by atoms with E-state index in [0.717, 1.165) is 48.8 Å². The first kappa shape index (κ1) is 19.7. The average Bonchev–Trinajstić information content (AvgIpc) is 3.45. The van der Waals surface area contributed by atoms with E-state index in [1.165, 1.54) is 5.56 Å². The molecule has 0 aliphatic carbocycles. The number of imidazole rings is 1. The minimum Gasteiger partial charge on any atom is -0.425 e. The van der Waals surface area contributed by atoms with Crippen molar-refractivity contribution in [3.8, 4) is 0 Å². The lowest BCUT2D eigenvalue weighted by atomic mass is 10.1. The SMILES string of the molecule is O=C(CCc1nnc(CCCCc2ccccc2)o1)NCc1cn2c(n1)SCC2. The van der Waals surface area contributed by atoms with Crippen LogP contribution in [0.15, 0.2) is 46.1 Å². The molecule has 1 aliphatic rings. The Hall–Kier alpha value is -2.61. The molecule has 1 N–H and O–H groups in total. The van der Waals surface area contributed by atoms with Crippen LogP contribution in [0.5, 0.6) is 0 Å². The van der Waals surface area contributed by atoms with Crippen LogP contribution >= 0.6 is 11.8 Å². The van der Waals surface area contributed by atoms with Crippen LogP contribution < -0.4 is 5.32 Å². The molecule has 1 amide bonds. The molecule has 29 heavy (non-hydrogen) atoms. The van der Waals surface area contributed by atoms with Crippen molar-refractivity contribution in [3.63, 3.8) is 0 Å². The fourth-order valence-electron chi connectivity index (χ4n) is 3.29. The number of nitrogens with zero attached hydrogens (tertiary/aromatic N) is 4. The number of fused-ring (bicyclic) bond motifs is 1. The third kappa shape index (κ3) is 5.69. The molecule has 0 atom stereocenters. The van der Waals surface area contributed by atoms with Gasteiger partial charge in [0.2, 0.25) is 17.7 Å². The van der Waals surface area contributed by atoms with E-state index in [1.807, 2.05) is 12.3 Å². The summed E-state index contributed by atoms with van der Waals surface area (Å²) in [6, 6.07) is 10.5. The molecule has 0 radical (unpaired) electrons. The number of thioether (sulfide) groups is 1. The Morgan fingerprint density at radius 3 is 2.72 bits per heavy atom. The predicted octanol–water partition coefficient (Wildman–Crippen LogP) is 3.19. The Balaban J connectivity index is 1.13. The van der Waals surface area contributed by atoms with Crippen molar-refractivity contribution in [2.75, 3.05) is 5.75 Å². The van der Waals surface area contributed by atoms with Gasteiger partial charge in [-0.1, -0.05) is 42.1 Å². The average molecular weight is 412 g/mol. The maximum Gasteiger partial charge on any atom is 0.220 e. The Kier molecular flexibility index (Phi) is 6.61.